The number of carbonyl (C=O) groups is 1. The molecule has 0 amide bonds. The Balaban J connectivity index is 2.13. The third-order valence-corrected chi connectivity index (χ3v) is 3.03. The smallest absolute Gasteiger partial charge is 0.359 e. The Hall–Kier alpha value is -2.76. The molecule has 1 aromatic carbocycles. The predicted molar refractivity (Wildman–Crippen MR) is 74.3 cm³/mol. The molecule has 0 fully saturated rings. The van der Waals surface area contributed by atoms with Gasteiger partial charge < -0.3 is 4.74 Å². The average Bonchev–Trinajstić information content (AvgIpc) is 2.92. The largest absolute Gasteiger partial charge is 0.461 e. The molecule has 0 aliphatic carbocycles. The number of rotatable bonds is 3. The molecule has 3 rings (SSSR count). The molecule has 0 aliphatic rings. The van der Waals surface area contributed by atoms with Crippen molar-refractivity contribution in [2.45, 2.75) is 6.92 Å². The molecule has 5 nitrogen and oxygen atoms in total. The highest BCUT2D eigenvalue weighted by molar-refractivity contribution is 5.95. The lowest BCUT2D eigenvalue weighted by molar-refractivity contribution is 0.0521. The van der Waals surface area contributed by atoms with E-state index in [2.05, 4.69) is 9.97 Å². The molecule has 0 unspecified atom stereocenters. The van der Waals surface area contributed by atoms with E-state index in [9.17, 15) is 9.18 Å². The maximum Gasteiger partial charge on any atom is 0.359 e. The van der Waals surface area contributed by atoms with Crippen LogP contribution in [0.25, 0.3) is 16.9 Å². The number of imidazole rings is 1. The summed E-state index contributed by atoms with van der Waals surface area (Å²) in [6.07, 6.45) is 4.76. The Morgan fingerprint density at radius 3 is 2.76 bits per heavy atom. The molecule has 21 heavy (non-hydrogen) atoms. The highest BCUT2D eigenvalue weighted by Crippen LogP contribution is 2.21. The molecule has 0 radical (unpaired) electrons. The number of aromatic nitrogens is 3. The normalized spacial score (nSPS) is 10.8. The number of nitrogens with zero attached hydrogens (tertiary/aromatic N) is 3. The minimum Gasteiger partial charge on any atom is -0.461 e. The number of fused-ring (bicyclic) bond motifs is 1. The summed E-state index contributed by atoms with van der Waals surface area (Å²) in [6.45, 7) is 2.01. The van der Waals surface area contributed by atoms with Crippen LogP contribution in [0.4, 0.5) is 4.39 Å². The zero-order valence-corrected chi connectivity index (χ0v) is 11.3. The zero-order valence-electron chi connectivity index (χ0n) is 11.3. The van der Waals surface area contributed by atoms with E-state index in [1.165, 1.54) is 18.3 Å². The summed E-state index contributed by atoms with van der Waals surface area (Å²) in [5.41, 5.74) is 1.51. The van der Waals surface area contributed by atoms with Crippen molar-refractivity contribution in [3.8, 4) is 11.4 Å². The third kappa shape index (κ3) is 2.35. The van der Waals surface area contributed by atoms with Crippen LogP contribution in [0, 0.1) is 5.82 Å². The van der Waals surface area contributed by atoms with Crippen molar-refractivity contribution in [3.63, 3.8) is 0 Å². The van der Waals surface area contributed by atoms with E-state index in [1.54, 1.807) is 35.9 Å². The SMILES string of the molecule is CCOC(=O)c1nccn2c(-c3ccc(F)cc3)ncc12. The van der Waals surface area contributed by atoms with Crippen molar-refractivity contribution in [2.24, 2.45) is 0 Å². The highest BCUT2D eigenvalue weighted by atomic mass is 19.1. The van der Waals surface area contributed by atoms with E-state index in [0.717, 1.165) is 5.56 Å². The summed E-state index contributed by atoms with van der Waals surface area (Å²) in [6, 6.07) is 6.00. The van der Waals surface area contributed by atoms with Crippen LogP contribution in [0.5, 0.6) is 0 Å². The van der Waals surface area contributed by atoms with Crippen LogP contribution in [0.2, 0.25) is 0 Å². The van der Waals surface area contributed by atoms with E-state index in [1.807, 2.05) is 0 Å². The molecule has 3 aromatic rings. The average molecular weight is 285 g/mol. The molecule has 0 spiro atoms. The number of hydrogen-bond donors (Lipinski definition) is 0. The van der Waals surface area contributed by atoms with Crippen molar-refractivity contribution in [1.29, 1.82) is 0 Å². The summed E-state index contributed by atoms with van der Waals surface area (Å²) in [4.78, 5) is 20.2. The summed E-state index contributed by atoms with van der Waals surface area (Å²) in [5, 5.41) is 0. The van der Waals surface area contributed by atoms with Gasteiger partial charge in [-0.1, -0.05) is 0 Å². The minimum absolute atomic E-state index is 0.209. The quantitative estimate of drug-likeness (QED) is 0.694. The van der Waals surface area contributed by atoms with Crippen LogP contribution in [-0.2, 0) is 4.74 Å². The van der Waals surface area contributed by atoms with E-state index in [-0.39, 0.29) is 18.1 Å². The first-order valence-electron chi connectivity index (χ1n) is 6.46. The summed E-state index contributed by atoms with van der Waals surface area (Å²) in [7, 11) is 0. The fourth-order valence-electron chi connectivity index (χ4n) is 2.10. The van der Waals surface area contributed by atoms with Crippen molar-refractivity contribution in [2.75, 3.05) is 6.61 Å². The van der Waals surface area contributed by atoms with Gasteiger partial charge >= 0.3 is 5.97 Å². The molecule has 0 bridgehead atoms. The number of hydrogen-bond acceptors (Lipinski definition) is 4. The lowest BCUT2D eigenvalue weighted by atomic mass is 10.2. The summed E-state index contributed by atoms with van der Waals surface area (Å²) >= 11 is 0. The van der Waals surface area contributed by atoms with Crippen molar-refractivity contribution >= 4 is 11.5 Å². The first-order valence-corrected chi connectivity index (χ1v) is 6.46. The van der Waals surface area contributed by atoms with E-state index in [4.69, 9.17) is 4.74 Å². The van der Waals surface area contributed by atoms with Crippen LogP contribution < -0.4 is 0 Å². The zero-order chi connectivity index (χ0) is 14.8. The summed E-state index contributed by atoms with van der Waals surface area (Å²) in [5.74, 6) is -0.194. The van der Waals surface area contributed by atoms with E-state index >= 15 is 0 Å². The monoisotopic (exact) mass is 285 g/mol. The first-order chi connectivity index (χ1) is 10.2. The number of carbonyl (C=O) groups excluding carboxylic acids is 1. The van der Waals surface area contributed by atoms with Crippen molar-refractivity contribution < 1.29 is 13.9 Å². The third-order valence-electron chi connectivity index (χ3n) is 3.03. The van der Waals surface area contributed by atoms with Crippen LogP contribution in [0.15, 0.2) is 42.9 Å². The molecule has 0 saturated heterocycles. The lowest BCUT2D eigenvalue weighted by Crippen LogP contribution is -2.08. The van der Waals surface area contributed by atoms with Gasteiger partial charge in [-0.3, -0.25) is 4.40 Å². The van der Waals surface area contributed by atoms with Gasteiger partial charge in [-0.05, 0) is 31.2 Å². The molecule has 2 heterocycles. The first kappa shape index (κ1) is 13.2. The Bertz CT molecular complexity index is 796. The van der Waals surface area contributed by atoms with Crippen LogP contribution in [-0.4, -0.2) is 26.9 Å². The van der Waals surface area contributed by atoms with Gasteiger partial charge in [0.1, 0.15) is 11.6 Å². The maximum atomic E-state index is 13.0. The van der Waals surface area contributed by atoms with Gasteiger partial charge in [0.15, 0.2) is 5.69 Å². The topological polar surface area (TPSA) is 56.5 Å². The molecule has 6 heteroatoms. The standard InChI is InChI=1S/C15H12FN3O2/c1-2-21-15(20)13-12-9-18-14(19(12)8-7-17-13)10-3-5-11(16)6-4-10/h3-9H,2H2,1H3. The van der Waals surface area contributed by atoms with Gasteiger partial charge in [-0.15, -0.1) is 0 Å². The van der Waals surface area contributed by atoms with Crippen molar-refractivity contribution in [1.82, 2.24) is 14.4 Å². The van der Waals surface area contributed by atoms with Gasteiger partial charge in [-0.2, -0.15) is 0 Å². The predicted octanol–water partition coefficient (Wildman–Crippen LogP) is 2.71. The van der Waals surface area contributed by atoms with Gasteiger partial charge in [0, 0.05) is 18.0 Å². The molecule has 106 valence electrons. The molecule has 2 aromatic heterocycles. The fraction of sp³-hybridized carbons (Fsp3) is 0.133. The summed E-state index contributed by atoms with van der Waals surface area (Å²) < 4.78 is 19.7. The van der Waals surface area contributed by atoms with Gasteiger partial charge in [0.05, 0.1) is 18.3 Å². The molecule has 0 aliphatic heterocycles. The number of benzene rings is 1. The Morgan fingerprint density at radius 2 is 2.05 bits per heavy atom. The molecular weight excluding hydrogens is 273 g/mol. The Morgan fingerprint density at radius 1 is 1.29 bits per heavy atom. The van der Waals surface area contributed by atoms with Gasteiger partial charge in [0.25, 0.3) is 0 Å². The number of halogens is 1. The number of ether oxygens (including phenoxy) is 1. The molecule has 0 N–H and O–H groups in total. The Kier molecular flexibility index (Phi) is 3.35. The lowest BCUT2D eigenvalue weighted by Gasteiger charge is -2.04. The molecule has 0 atom stereocenters. The Labute approximate surface area is 120 Å². The maximum absolute atomic E-state index is 13.0. The van der Waals surface area contributed by atoms with Crippen LogP contribution >= 0.6 is 0 Å². The second-order valence-electron chi connectivity index (χ2n) is 4.34. The molecule has 0 saturated carbocycles. The second kappa shape index (κ2) is 5.32. The van der Waals surface area contributed by atoms with E-state index in [0.29, 0.717) is 11.3 Å². The second-order valence-corrected chi connectivity index (χ2v) is 4.34. The minimum atomic E-state index is -0.492. The van der Waals surface area contributed by atoms with E-state index < -0.39 is 5.97 Å². The van der Waals surface area contributed by atoms with Crippen molar-refractivity contribution in [3.05, 3.63) is 54.4 Å². The van der Waals surface area contributed by atoms with Crippen LogP contribution in [0.1, 0.15) is 17.4 Å². The van der Waals surface area contributed by atoms with Gasteiger partial charge in [-0.25, -0.2) is 19.2 Å². The molecular formula is C15H12FN3O2. The fourth-order valence-corrected chi connectivity index (χ4v) is 2.10. The highest BCUT2D eigenvalue weighted by Gasteiger charge is 2.16. The van der Waals surface area contributed by atoms with Gasteiger partial charge in [0.2, 0.25) is 0 Å². The van der Waals surface area contributed by atoms with Crippen LogP contribution in [0.3, 0.4) is 0 Å². The number of esters is 1.